The topological polar surface area (TPSA) is 50.4 Å². The summed E-state index contributed by atoms with van der Waals surface area (Å²) in [7, 11) is 0. The Labute approximate surface area is 125 Å². The summed E-state index contributed by atoms with van der Waals surface area (Å²) < 4.78 is 5.61. The van der Waals surface area contributed by atoms with Crippen LogP contribution in [0.1, 0.15) is 68.2 Å². The van der Waals surface area contributed by atoms with E-state index in [4.69, 9.17) is 4.74 Å². The Kier molecular flexibility index (Phi) is 7.74. The van der Waals surface area contributed by atoms with Crippen molar-refractivity contribution in [3.8, 4) is 0 Å². The van der Waals surface area contributed by atoms with Gasteiger partial charge in [0, 0.05) is 17.1 Å². The van der Waals surface area contributed by atoms with Crippen molar-refractivity contribution in [2.75, 3.05) is 6.61 Å². The van der Waals surface area contributed by atoms with E-state index in [1.165, 1.54) is 0 Å². The zero-order chi connectivity index (χ0) is 16.0. The van der Waals surface area contributed by atoms with Crippen LogP contribution in [0.25, 0.3) is 0 Å². The molecule has 0 heterocycles. The molecule has 0 saturated heterocycles. The van der Waals surface area contributed by atoms with Gasteiger partial charge in [-0.15, -0.1) is 0 Å². The van der Waals surface area contributed by atoms with Crippen LogP contribution in [0.3, 0.4) is 0 Å². The minimum Gasteiger partial charge on any atom is -0.369 e. The van der Waals surface area contributed by atoms with Crippen molar-refractivity contribution in [2.45, 2.75) is 91.5 Å². The fourth-order valence-corrected chi connectivity index (χ4v) is 2.17. The van der Waals surface area contributed by atoms with Gasteiger partial charge in [-0.25, -0.2) is 0 Å². The van der Waals surface area contributed by atoms with Crippen LogP contribution in [0.5, 0.6) is 0 Å². The van der Waals surface area contributed by atoms with E-state index in [-0.39, 0.29) is 29.7 Å². The molecular formula is C16H34N2O2. The van der Waals surface area contributed by atoms with Gasteiger partial charge in [0.1, 0.15) is 6.61 Å². The third kappa shape index (κ3) is 11.2. The molecule has 4 nitrogen and oxygen atoms in total. The lowest BCUT2D eigenvalue weighted by atomic mass is 9.96. The van der Waals surface area contributed by atoms with E-state index < -0.39 is 0 Å². The summed E-state index contributed by atoms with van der Waals surface area (Å²) in [5.41, 5.74) is -0.105. The Morgan fingerprint density at radius 1 is 1.10 bits per heavy atom. The van der Waals surface area contributed by atoms with Crippen LogP contribution in [-0.4, -0.2) is 35.7 Å². The molecule has 20 heavy (non-hydrogen) atoms. The average molecular weight is 286 g/mol. The second-order valence-corrected chi connectivity index (χ2v) is 7.64. The van der Waals surface area contributed by atoms with Crippen molar-refractivity contribution in [2.24, 2.45) is 0 Å². The monoisotopic (exact) mass is 286 g/mol. The van der Waals surface area contributed by atoms with Crippen LogP contribution in [-0.2, 0) is 9.53 Å². The predicted molar refractivity (Wildman–Crippen MR) is 84.9 cm³/mol. The van der Waals surface area contributed by atoms with E-state index in [1.807, 2.05) is 27.7 Å². The highest BCUT2D eigenvalue weighted by Gasteiger charge is 2.20. The molecule has 0 aromatic rings. The number of ether oxygens (including phenoxy) is 1. The molecule has 0 aliphatic heterocycles. The van der Waals surface area contributed by atoms with Crippen LogP contribution in [0.15, 0.2) is 0 Å². The standard InChI is InChI=1S/C16H34N2O2/c1-12(2)17-16(7,8)10-9-13(3)20-11-14(19)18-15(4,5)6/h12-13,17H,9-11H2,1-8H3,(H,18,19). The highest BCUT2D eigenvalue weighted by molar-refractivity contribution is 5.77. The normalized spacial score (nSPS) is 14.4. The molecule has 0 radical (unpaired) electrons. The van der Waals surface area contributed by atoms with Gasteiger partial charge in [0.25, 0.3) is 0 Å². The maximum absolute atomic E-state index is 11.7. The maximum atomic E-state index is 11.7. The molecule has 0 rings (SSSR count). The van der Waals surface area contributed by atoms with Crippen LogP contribution in [0.4, 0.5) is 0 Å². The first-order valence-corrected chi connectivity index (χ1v) is 7.61. The summed E-state index contributed by atoms with van der Waals surface area (Å²) in [5, 5.41) is 6.43. The molecule has 0 aliphatic rings. The van der Waals surface area contributed by atoms with Gasteiger partial charge >= 0.3 is 0 Å². The fourth-order valence-electron chi connectivity index (χ4n) is 2.17. The molecule has 0 aromatic heterocycles. The molecule has 4 heteroatoms. The average Bonchev–Trinajstić information content (AvgIpc) is 2.19. The minimum absolute atomic E-state index is 0.0519. The largest absolute Gasteiger partial charge is 0.369 e. The molecule has 0 saturated carbocycles. The van der Waals surface area contributed by atoms with Gasteiger partial charge in [-0.2, -0.15) is 0 Å². The molecule has 2 N–H and O–H groups in total. The van der Waals surface area contributed by atoms with Crippen molar-refractivity contribution in [1.82, 2.24) is 10.6 Å². The molecule has 0 spiro atoms. The van der Waals surface area contributed by atoms with Gasteiger partial charge < -0.3 is 15.4 Å². The summed E-state index contributed by atoms with van der Waals surface area (Å²) in [4.78, 5) is 11.7. The number of nitrogens with one attached hydrogen (secondary N) is 2. The van der Waals surface area contributed by atoms with Gasteiger partial charge in [0.15, 0.2) is 0 Å². The van der Waals surface area contributed by atoms with Crippen molar-refractivity contribution in [3.63, 3.8) is 0 Å². The summed E-state index contributed by atoms with van der Waals surface area (Å²) >= 11 is 0. The second-order valence-electron chi connectivity index (χ2n) is 7.64. The summed E-state index contributed by atoms with van der Waals surface area (Å²) in [6.07, 6.45) is 2.05. The smallest absolute Gasteiger partial charge is 0.246 e. The zero-order valence-electron chi connectivity index (χ0n) is 14.6. The highest BCUT2D eigenvalue weighted by Crippen LogP contribution is 2.15. The first-order valence-electron chi connectivity index (χ1n) is 7.61. The molecule has 0 aromatic carbocycles. The fraction of sp³-hybridized carbons (Fsp3) is 0.938. The predicted octanol–water partition coefficient (Wildman–Crippen LogP) is 2.86. The van der Waals surface area contributed by atoms with E-state index in [2.05, 4.69) is 38.3 Å². The number of amides is 1. The first kappa shape index (κ1) is 19.4. The lowest BCUT2D eigenvalue weighted by Crippen LogP contribution is -2.44. The Morgan fingerprint density at radius 2 is 1.65 bits per heavy atom. The molecule has 1 amide bonds. The lowest BCUT2D eigenvalue weighted by Gasteiger charge is -2.30. The van der Waals surface area contributed by atoms with E-state index in [1.54, 1.807) is 0 Å². The van der Waals surface area contributed by atoms with Crippen LogP contribution < -0.4 is 10.6 Å². The Morgan fingerprint density at radius 3 is 2.10 bits per heavy atom. The lowest BCUT2D eigenvalue weighted by molar-refractivity contribution is -0.129. The van der Waals surface area contributed by atoms with Gasteiger partial charge in [-0.3, -0.25) is 4.79 Å². The Hall–Kier alpha value is -0.610. The van der Waals surface area contributed by atoms with Crippen LogP contribution >= 0.6 is 0 Å². The van der Waals surface area contributed by atoms with Crippen molar-refractivity contribution >= 4 is 5.91 Å². The van der Waals surface area contributed by atoms with Gasteiger partial charge in [-0.05, 0) is 54.4 Å². The molecule has 0 aliphatic carbocycles. The number of carbonyl (C=O) groups is 1. The highest BCUT2D eigenvalue weighted by atomic mass is 16.5. The second kappa shape index (κ2) is 7.99. The summed E-state index contributed by atoms with van der Waals surface area (Å²) in [5.74, 6) is -0.0519. The van der Waals surface area contributed by atoms with E-state index in [9.17, 15) is 4.79 Å². The van der Waals surface area contributed by atoms with Crippen molar-refractivity contribution in [3.05, 3.63) is 0 Å². The van der Waals surface area contributed by atoms with E-state index in [0.29, 0.717) is 6.04 Å². The van der Waals surface area contributed by atoms with Crippen LogP contribution in [0, 0.1) is 0 Å². The van der Waals surface area contributed by atoms with Gasteiger partial charge in [0.2, 0.25) is 5.91 Å². The molecule has 0 fully saturated rings. The van der Waals surface area contributed by atoms with Crippen molar-refractivity contribution in [1.29, 1.82) is 0 Å². The third-order valence-electron chi connectivity index (χ3n) is 2.87. The molecule has 120 valence electrons. The SMILES string of the molecule is CC(C)NC(C)(C)CCC(C)OCC(=O)NC(C)(C)C. The Bertz CT molecular complexity index is 293. The molecular weight excluding hydrogens is 252 g/mol. The van der Waals surface area contributed by atoms with Crippen molar-refractivity contribution < 1.29 is 9.53 Å². The summed E-state index contributed by atoms with van der Waals surface area (Å²) in [6.45, 7) is 16.8. The minimum atomic E-state index is -0.202. The molecule has 1 atom stereocenters. The van der Waals surface area contributed by atoms with Crippen LogP contribution in [0.2, 0.25) is 0 Å². The quantitative estimate of drug-likeness (QED) is 0.721. The molecule has 0 bridgehead atoms. The van der Waals surface area contributed by atoms with E-state index >= 15 is 0 Å². The number of hydrogen-bond acceptors (Lipinski definition) is 3. The zero-order valence-corrected chi connectivity index (χ0v) is 14.6. The first-order chi connectivity index (χ1) is 8.91. The summed E-state index contributed by atoms with van der Waals surface area (Å²) in [6, 6.07) is 0.471. The maximum Gasteiger partial charge on any atom is 0.246 e. The van der Waals surface area contributed by atoms with Gasteiger partial charge in [0.05, 0.1) is 6.10 Å². The third-order valence-corrected chi connectivity index (χ3v) is 2.87. The number of carbonyl (C=O) groups excluding carboxylic acids is 1. The number of rotatable bonds is 8. The van der Waals surface area contributed by atoms with Gasteiger partial charge in [-0.1, -0.05) is 13.8 Å². The Balaban J connectivity index is 3.95. The molecule has 1 unspecified atom stereocenters. The van der Waals surface area contributed by atoms with E-state index in [0.717, 1.165) is 12.8 Å². The number of hydrogen-bond donors (Lipinski definition) is 2.